The minimum Gasteiger partial charge on any atom is -0.494 e. The van der Waals surface area contributed by atoms with E-state index in [1.165, 1.54) is 56.1 Å². The van der Waals surface area contributed by atoms with Gasteiger partial charge in [0, 0.05) is 12.1 Å². The zero-order valence-corrected chi connectivity index (χ0v) is 15.5. The molecule has 1 aromatic heterocycles. The molecule has 0 saturated carbocycles. The standard InChI is InChI=1S/C23H31NO/c1-2-3-4-5-6-7-8-9-20-25-23-14-12-21(13-15-23)10-11-22-16-18-24-19-17-22/h10-19H,2-9,20H2,1H3/p+1/b11-10+. The predicted octanol–water partition coefficient (Wildman–Crippen LogP) is 6.19. The highest BCUT2D eigenvalue weighted by Crippen LogP contribution is 2.15. The molecule has 134 valence electrons. The molecule has 0 saturated heterocycles. The monoisotopic (exact) mass is 338 g/mol. The molecular weight excluding hydrogens is 306 g/mol. The topological polar surface area (TPSA) is 23.4 Å². The number of benzene rings is 1. The number of ether oxygens (including phenoxy) is 1. The van der Waals surface area contributed by atoms with Gasteiger partial charge in [-0.3, -0.25) is 0 Å². The van der Waals surface area contributed by atoms with Crippen molar-refractivity contribution in [3.8, 4) is 5.75 Å². The van der Waals surface area contributed by atoms with Crippen LogP contribution in [0, 0.1) is 0 Å². The van der Waals surface area contributed by atoms with Crippen molar-refractivity contribution in [2.45, 2.75) is 58.3 Å². The molecule has 1 N–H and O–H groups in total. The Balaban J connectivity index is 1.60. The Bertz CT molecular complexity index is 589. The van der Waals surface area contributed by atoms with Crippen molar-refractivity contribution in [2.24, 2.45) is 0 Å². The lowest BCUT2D eigenvalue weighted by molar-refractivity contribution is -0.378. The molecule has 2 nitrogen and oxygen atoms in total. The molecule has 0 radical (unpaired) electrons. The van der Waals surface area contributed by atoms with E-state index in [4.69, 9.17) is 4.74 Å². The van der Waals surface area contributed by atoms with Crippen molar-refractivity contribution in [2.75, 3.05) is 6.61 Å². The Hall–Kier alpha value is -2.09. The van der Waals surface area contributed by atoms with Gasteiger partial charge in [0.1, 0.15) is 5.75 Å². The van der Waals surface area contributed by atoms with Gasteiger partial charge in [-0.1, -0.05) is 76.2 Å². The van der Waals surface area contributed by atoms with Crippen LogP contribution in [0.15, 0.2) is 48.8 Å². The zero-order chi connectivity index (χ0) is 17.6. The van der Waals surface area contributed by atoms with Crippen LogP contribution in [-0.4, -0.2) is 6.61 Å². The van der Waals surface area contributed by atoms with Crippen molar-refractivity contribution in [3.63, 3.8) is 0 Å². The summed E-state index contributed by atoms with van der Waals surface area (Å²) in [6, 6.07) is 12.4. The van der Waals surface area contributed by atoms with Gasteiger partial charge in [0.25, 0.3) is 0 Å². The molecule has 0 bridgehead atoms. The Morgan fingerprint density at radius 2 is 1.28 bits per heavy atom. The third-order valence-electron chi connectivity index (χ3n) is 4.36. The van der Waals surface area contributed by atoms with Crippen LogP contribution in [0.25, 0.3) is 12.2 Å². The molecule has 1 heterocycles. The lowest BCUT2D eigenvalue weighted by Crippen LogP contribution is -1.97. The van der Waals surface area contributed by atoms with E-state index in [0.717, 1.165) is 18.8 Å². The molecule has 0 aliphatic heterocycles. The second kappa shape index (κ2) is 12.3. The summed E-state index contributed by atoms with van der Waals surface area (Å²) in [6.07, 6.45) is 18.8. The number of H-pyrrole nitrogens is 1. The van der Waals surface area contributed by atoms with Crippen LogP contribution in [0.3, 0.4) is 0 Å². The quantitative estimate of drug-likeness (QED) is 0.423. The molecule has 0 unspecified atom stereocenters. The molecular formula is C23H32NO+. The SMILES string of the molecule is CCCCCCCCCCOc1ccc(/C=C/c2cc[nH+]cc2)cc1. The fourth-order valence-electron chi connectivity index (χ4n) is 2.80. The maximum absolute atomic E-state index is 5.84. The third-order valence-corrected chi connectivity index (χ3v) is 4.36. The van der Waals surface area contributed by atoms with Crippen LogP contribution < -0.4 is 9.72 Å². The predicted molar refractivity (Wildman–Crippen MR) is 106 cm³/mol. The van der Waals surface area contributed by atoms with Gasteiger partial charge < -0.3 is 4.74 Å². The second-order valence-corrected chi connectivity index (χ2v) is 6.56. The molecule has 2 rings (SSSR count). The fraction of sp³-hybridized carbons (Fsp3) is 0.435. The van der Waals surface area contributed by atoms with Gasteiger partial charge in [-0.15, -0.1) is 0 Å². The Morgan fingerprint density at radius 1 is 0.720 bits per heavy atom. The third kappa shape index (κ3) is 8.53. The summed E-state index contributed by atoms with van der Waals surface area (Å²) in [4.78, 5) is 3.03. The van der Waals surface area contributed by atoms with Gasteiger partial charge in [-0.05, 0) is 29.7 Å². The van der Waals surface area contributed by atoms with E-state index in [-0.39, 0.29) is 0 Å². The molecule has 0 atom stereocenters. The van der Waals surface area contributed by atoms with E-state index < -0.39 is 0 Å². The summed E-state index contributed by atoms with van der Waals surface area (Å²) < 4.78 is 5.84. The maximum Gasteiger partial charge on any atom is 0.167 e. The van der Waals surface area contributed by atoms with E-state index >= 15 is 0 Å². The summed E-state index contributed by atoms with van der Waals surface area (Å²) in [5.41, 5.74) is 2.38. The smallest absolute Gasteiger partial charge is 0.167 e. The van der Waals surface area contributed by atoms with Crippen molar-refractivity contribution in [1.29, 1.82) is 0 Å². The second-order valence-electron chi connectivity index (χ2n) is 6.56. The van der Waals surface area contributed by atoms with Crippen LogP contribution >= 0.6 is 0 Å². The van der Waals surface area contributed by atoms with Crippen molar-refractivity contribution >= 4 is 12.2 Å². The minimum absolute atomic E-state index is 0.824. The highest BCUT2D eigenvalue weighted by molar-refractivity contribution is 5.69. The highest BCUT2D eigenvalue weighted by atomic mass is 16.5. The molecule has 1 aromatic carbocycles. The van der Waals surface area contributed by atoms with Gasteiger partial charge >= 0.3 is 0 Å². The van der Waals surface area contributed by atoms with E-state index in [1.807, 2.05) is 12.4 Å². The molecule has 0 aliphatic rings. The van der Waals surface area contributed by atoms with Gasteiger partial charge in [-0.25, -0.2) is 4.98 Å². The number of nitrogens with one attached hydrogen (secondary N) is 1. The summed E-state index contributed by atoms with van der Waals surface area (Å²) >= 11 is 0. The molecule has 0 aliphatic carbocycles. The number of hydrogen-bond donors (Lipinski definition) is 0. The number of aromatic amines is 1. The van der Waals surface area contributed by atoms with Gasteiger partial charge in [-0.2, -0.15) is 0 Å². The van der Waals surface area contributed by atoms with E-state index in [2.05, 4.69) is 60.5 Å². The number of hydrogen-bond acceptors (Lipinski definition) is 1. The Morgan fingerprint density at radius 3 is 1.92 bits per heavy atom. The maximum atomic E-state index is 5.84. The first-order chi connectivity index (χ1) is 12.4. The number of rotatable bonds is 12. The summed E-state index contributed by atoms with van der Waals surface area (Å²) in [5.74, 6) is 0.967. The van der Waals surface area contributed by atoms with Crippen LogP contribution in [0.5, 0.6) is 5.75 Å². The molecule has 2 aromatic rings. The number of unbranched alkanes of at least 4 members (excludes halogenated alkanes) is 7. The molecule has 0 amide bonds. The molecule has 25 heavy (non-hydrogen) atoms. The average molecular weight is 339 g/mol. The largest absolute Gasteiger partial charge is 0.494 e. The normalized spacial score (nSPS) is 11.1. The first-order valence-corrected chi connectivity index (χ1v) is 9.75. The Kier molecular flexibility index (Phi) is 9.46. The first kappa shape index (κ1) is 19.2. The van der Waals surface area contributed by atoms with E-state index in [1.54, 1.807) is 0 Å². The van der Waals surface area contributed by atoms with E-state index in [0.29, 0.717) is 0 Å². The van der Waals surface area contributed by atoms with E-state index in [9.17, 15) is 0 Å². The van der Waals surface area contributed by atoms with Crippen molar-refractivity contribution in [3.05, 3.63) is 59.9 Å². The van der Waals surface area contributed by atoms with Crippen molar-refractivity contribution < 1.29 is 9.72 Å². The van der Waals surface area contributed by atoms with Gasteiger partial charge in [0.2, 0.25) is 0 Å². The van der Waals surface area contributed by atoms with Gasteiger partial charge in [0.05, 0.1) is 6.61 Å². The first-order valence-electron chi connectivity index (χ1n) is 9.75. The molecule has 0 spiro atoms. The van der Waals surface area contributed by atoms with Gasteiger partial charge in [0.15, 0.2) is 12.4 Å². The van der Waals surface area contributed by atoms with Crippen LogP contribution in [0.1, 0.15) is 69.4 Å². The fourth-order valence-corrected chi connectivity index (χ4v) is 2.80. The summed E-state index contributed by atoms with van der Waals surface area (Å²) in [5, 5.41) is 0. The van der Waals surface area contributed by atoms with Crippen molar-refractivity contribution in [1.82, 2.24) is 0 Å². The highest BCUT2D eigenvalue weighted by Gasteiger charge is 1.96. The Labute approximate surface area is 153 Å². The van der Waals surface area contributed by atoms with Crippen LogP contribution in [-0.2, 0) is 0 Å². The lowest BCUT2D eigenvalue weighted by Gasteiger charge is -2.06. The zero-order valence-electron chi connectivity index (χ0n) is 15.5. The molecule has 2 heteroatoms. The average Bonchev–Trinajstić information content (AvgIpc) is 2.67. The molecule has 0 fully saturated rings. The van der Waals surface area contributed by atoms with Crippen LogP contribution in [0.4, 0.5) is 0 Å². The number of aromatic nitrogens is 1. The number of pyridine rings is 1. The summed E-state index contributed by atoms with van der Waals surface area (Å²) in [7, 11) is 0. The van der Waals surface area contributed by atoms with Crippen LogP contribution in [0.2, 0.25) is 0 Å². The lowest BCUT2D eigenvalue weighted by atomic mass is 10.1. The summed E-state index contributed by atoms with van der Waals surface area (Å²) in [6.45, 7) is 3.09. The minimum atomic E-state index is 0.824.